The van der Waals surface area contributed by atoms with Crippen molar-refractivity contribution in [1.29, 1.82) is 0 Å². The lowest BCUT2D eigenvalue weighted by atomic mass is 10.0. The van der Waals surface area contributed by atoms with E-state index in [1.807, 2.05) is 18.3 Å². The second kappa shape index (κ2) is 5.22. The summed E-state index contributed by atoms with van der Waals surface area (Å²) in [4.78, 5) is 6.29. The first-order chi connectivity index (χ1) is 11.1. The summed E-state index contributed by atoms with van der Waals surface area (Å²) in [5, 5.41) is 0. The third-order valence-electron chi connectivity index (χ3n) is 4.42. The van der Waals surface area contributed by atoms with Crippen molar-refractivity contribution in [3.8, 4) is 0 Å². The van der Waals surface area contributed by atoms with Gasteiger partial charge in [0.2, 0.25) is 0 Å². The fraction of sp³-hybridized carbons (Fsp3) is 0.235. The average Bonchev–Trinajstić information content (AvgIpc) is 3.17. The molecule has 1 aliphatic rings. The van der Waals surface area contributed by atoms with Crippen molar-refractivity contribution in [2.45, 2.75) is 18.9 Å². The van der Waals surface area contributed by atoms with Crippen LogP contribution in [0.25, 0.3) is 5.65 Å². The van der Waals surface area contributed by atoms with Crippen LogP contribution in [0.2, 0.25) is 0 Å². The molecule has 0 saturated carbocycles. The van der Waals surface area contributed by atoms with E-state index >= 15 is 0 Å². The maximum atomic E-state index is 14.1. The van der Waals surface area contributed by atoms with Gasteiger partial charge in [0.05, 0.1) is 17.9 Å². The summed E-state index contributed by atoms with van der Waals surface area (Å²) in [5.74, 6) is -0.233. The lowest BCUT2D eigenvalue weighted by Crippen LogP contribution is -2.23. The van der Waals surface area contributed by atoms with Crippen molar-refractivity contribution in [1.82, 2.24) is 9.38 Å². The van der Waals surface area contributed by atoms with Gasteiger partial charge in [0.1, 0.15) is 23.1 Å². The maximum Gasteiger partial charge on any atom is 0.138 e. The zero-order chi connectivity index (χ0) is 16.0. The molecule has 23 heavy (non-hydrogen) atoms. The molecule has 1 fully saturated rings. The van der Waals surface area contributed by atoms with Gasteiger partial charge in [-0.3, -0.25) is 4.40 Å². The Balaban J connectivity index is 1.76. The van der Waals surface area contributed by atoms with E-state index in [4.69, 9.17) is 5.73 Å². The van der Waals surface area contributed by atoms with Gasteiger partial charge in [0.25, 0.3) is 0 Å². The Kier molecular flexibility index (Phi) is 3.18. The third-order valence-corrected chi connectivity index (χ3v) is 4.42. The molecule has 0 aliphatic carbocycles. The zero-order valence-electron chi connectivity index (χ0n) is 12.4. The van der Waals surface area contributed by atoms with E-state index in [2.05, 4.69) is 9.88 Å². The molecule has 2 N–H and O–H groups in total. The van der Waals surface area contributed by atoms with Crippen molar-refractivity contribution in [3.63, 3.8) is 0 Å². The number of rotatable bonds is 2. The summed E-state index contributed by atoms with van der Waals surface area (Å²) in [7, 11) is 0. The van der Waals surface area contributed by atoms with Gasteiger partial charge in [-0.05, 0) is 43.2 Å². The minimum Gasteiger partial charge on any atom is -0.383 e. The molecule has 3 aromatic rings. The molecular formula is C17H16F2N4. The topological polar surface area (TPSA) is 46.6 Å². The predicted octanol–water partition coefficient (Wildman–Crippen LogP) is 3.54. The molecule has 1 atom stereocenters. The molecule has 0 radical (unpaired) electrons. The van der Waals surface area contributed by atoms with Crippen molar-refractivity contribution in [3.05, 3.63) is 59.9 Å². The molecule has 4 nitrogen and oxygen atoms in total. The molecule has 2 aromatic heterocycles. The number of pyridine rings is 1. The molecule has 0 spiro atoms. The van der Waals surface area contributed by atoms with Crippen LogP contribution in [-0.2, 0) is 0 Å². The van der Waals surface area contributed by atoms with Crippen LogP contribution in [0.4, 0.5) is 20.3 Å². The van der Waals surface area contributed by atoms with Crippen LogP contribution >= 0.6 is 0 Å². The van der Waals surface area contributed by atoms with Gasteiger partial charge < -0.3 is 10.6 Å². The first-order valence-electron chi connectivity index (χ1n) is 7.57. The second-order valence-corrected chi connectivity index (χ2v) is 5.82. The molecule has 0 bridgehead atoms. The summed E-state index contributed by atoms with van der Waals surface area (Å²) >= 11 is 0. The van der Waals surface area contributed by atoms with Crippen molar-refractivity contribution < 1.29 is 8.78 Å². The van der Waals surface area contributed by atoms with Crippen LogP contribution in [0.1, 0.15) is 24.4 Å². The van der Waals surface area contributed by atoms with Crippen LogP contribution in [0, 0.1) is 11.6 Å². The standard InChI is InChI=1S/C17H16F2N4/c18-11-3-5-14(19)13(8-11)15-2-1-7-22(15)12-4-6-17-21-9-16(20)23(17)10-12/h3-6,8-10,15H,1-2,7,20H2/t15-/m1/s1. The van der Waals surface area contributed by atoms with Gasteiger partial charge in [0.15, 0.2) is 0 Å². The lowest BCUT2D eigenvalue weighted by Gasteiger charge is -2.27. The smallest absolute Gasteiger partial charge is 0.138 e. The number of hydrogen-bond donors (Lipinski definition) is 1. The number of aromatic nitrogens is 2. The number of benzene rings is 1. The van der Waals surface area contributed by atoms with Crippen molar-refractivity contribution in [2.75, 3.05) is 17.2 Å². The highest BCUT2D eigenvalue weighted by Crippen LogP contribution is 2.37. The Labute approximate surface area is 132 Å². The highest BCUT2D eigenvalue weighted by Gasteiger charge is 2.29. The number of fused-ring (bicyclic) bond motifs is 1. The highest BCUT2D eigenvalue weighted by molar-refractivity contribution is 5.57. The average molecular weight is 314 g/mol. The van der Waals surface area contributed by atoms with E-state index in [0.29, 0.717) is 11.4 Å². The molecule has 0 amide bonds. The second-order valence-electron chi connectivity index (χ2n) is 5.82. The number of nitrogen functional groups attached to an aromatic ring is 1. The normalized spacial score (nSPS) is 18.0. The quantitative estimate of drug-likeness (QED) is 0.787. The van der Waals surface area contributed by atoms with Gasteiger partial charge in [0, 0.05) is 18.3 Å². The van der Waals surface area contributed by atoms with Gasteiger partial charge in [-0.1, -0.05) is 0 Å². The fourth-order valence-electron chi connectivity index (χ4n) is 3.33. The molecule has 1 aliphatic heterocycles. The Hall–Kier alpha value is -2.63. The van der Waals surface area contributed by atoms with Gasteiger partial charge >= 0.3 is 0 Å². The summed E-state index contributed by atoms with van der Waals surface area (Å²) in [6.45, 7) is 0.792. The molecule has 118 valence electrons. The largest absolute Gasteiger partial charge is 0.383 e. The number of anilines is 2. The Morgan fingerprint density at radius 2 is 2.04 bits per heavy atom. The van der Waals surface area contributed by atoms with Gasteiger partial charge in [-0.2, -0.15) is 0 Å². The molecule has 4 rings (SSSR count). The summed E-state index contributed by atoms with van der Waals surface area (Å²) in [6, 6.07) is 7.28. The van der Waals surface area contributed by atoms with Crippen LogP contribution in [0.15, 0.2) is 42.7 Å². The molecule has 6 heteroatoms. The fourth-order valence-corrected chi connectivity index (χ4v) is 3.33. The monoisotopic (exact) mass is 314 g/mol. The summed E-state index contributed by atoms with van der Waals surface area (Å²) in [6.07, 6.45) is 5.22. The molecule has 1 saturated heterocycles. The van der Waals surface area contributed by atoms with Crippen LogP contribution in [0.3, 0.4) is 0 Å². The first kappa shape index (κ1) is 14.0. The van der Waals surface area contributed by atoms with Gasteiger partial charge in [-0.15, -0.1) is 0 Å². The summed E-state index contributed by atoms with van der Waals surface area (Å²) in [5.41, 5.74) is 8.00. The predicted molar refractivity (Wildman–Crippen MR) is 85.3 cm³/mol. The Morgan fingerprint density at radius 1 is 1.17 bits per heavy atom. The van der Waals surface area contributed by atoms with Crippen LogP contribution in [0.5, 0.6) is 0 Å². The van der Waals surface area contributed by atoms with E-state index in [-0.39, 0.29) is 11.9 Å². The van der Waals surface area contributed by atoms with E-state index in [1.54, 1.807) is 10.6 Å². The Morgan fingerprint density at radius 3 is 2.91 bits per heavy atom. The summed E-state index contributed by atoms with van der Waals surface area (Å²) < 4.78 is 29.5. The number of imidazole rings is 1. The van der Waals surface area contributed by atoms with Crippen molar-refractivity contribution >= 4 is 17.2 Å². The zero-order valence-corrected chi connectivity index (χ0v) is 12.4. The van der Waals surface area contributed by atoms with E-state index in [1.165, 1.54) is 12.1 Å². The molecular weight excluding hydrogens is 298 g/mol. The number of nitrogens with two attached hydrogens (primary N) is 1. The molecule has 1 aromatic carbocycles. The SMILES string of the molecule is Nc1cnc2ccc(N3CCC[C@@H]3c3cc(F)ccc3F)cn12. The number of nitrogens with zero attached hydrogens (tertiary/aromatic N) is 3. The number of halogens is 2. The minimum atomic E-state index is -0.414. The van der Waals surface area contributed by atoms with Gasteiger partial charge in [-0.25, -0.2) is 13.8 Å². The molecule has 3 heterocycles. The van der Waals surface area contributed by atoms with E-state index in [9.17, 15) is 8.78 Å². The number of hydrogen-bond acceptors (Lipinski definition) is 3. The highest BCUT2D eigenvalue weighted by atomic mass is 19.1. The maximum absolute atomic E-state index is 14.1. The van der Waals surface area contributed by atoms with E-state index < -0.39 is 5.82 Å². The Bertz CT molecular complexity index is 874. The van der Waals surface area contributed by atoms with Crippen LogP contribution in [-0.4, -0.2) is 15.9 Å². The minimum absolute atomic E-state index is 0.173. The molecule has 0 unspecified atom stereocenters. The van der Waals surface area contributed by atoms with Crippen LogP contribution < -0.4 is 10.6 Å². The third kappa shape index (κ3) is 2.30. The lowest BCUT2D eigenvalue weighted by molar-refractivity contribution is 0.561. The van der Waals surface area contributed by atoms with Crippen molar-refractivity contribution in [2.24, 2.45) is 0 Å². The van der Waals surface area contributed by atoms with E-state index in [0.717, 1.165) is 36.8 Å². The first-order valence-corrected chi connectivity index (χ1v) is 7.57.